The van der Waals surface area contributed by atoms with Crippen LogP contribution in [0.5, 0.6) is 5.75 Å². The van der Waals surface area contributed by atoms with E-state index in [1.165, 1.54) is 24.3 Å². The maximum atomic E-state index is 13.0. The Kier molecular flexibility index (Phi) is 5.50. The molecule has 7 nitrogen and oxygen atoms in total. The van der Waals surface area contributed by atoms with Gasteiger partial charge in [-0.05, 0) is 26.0 Å². The summed E-state index contributed by atoms with van der Waals surface area (Å²) in [6, 6.07) is 4.32. The summed E-state index contributed by atoms with van der Waals surface area (Å²) in [5.41, 5.74) is -1.86. The summed E-state index contributed by atoms with van der Waals surface area (Å²) in [5, 5.41) is 29.4. The highest BCUT2D eigenvalue weighted by atomic mass is 16.4. The second-order valence-electron chi connectivity index (χ2n) is 5.94. The molecule has 0 fully saturated rings. The summed E-state index contributed by atoms with van der Waals surface area (Å²) >= 11 is 0. The van der Waals surface area contributed by atoms with Crippen LogP contribution >= 0.6 is 0 Å². The summed E-state index contributed by atoms with van der Waals surface area (Å²) in [5.74, 6) is -5.93. The fourth-order valence-corrected chi connectivity index (χ4v) is 3.15. The molecule has 1 aromatic rings. The number of ketones is 1. The first-order chi connectivity index (χ1) is 12.3. The fraction of sp³-hybridized carbons (Fsp3) is 0.316. The SMILES string of the molecule is CCN(CC)c1ccc(C(=O)C2(C(=O)O)C=CC=CC2C(=O)O)c(O)c1. The second kappa shape index (κ2) is 7.43. The van der Waals surface area contributed by atoms with Crippen LogP contribution in [0.15, 0.2) is 42.5 Å². The zero-order chi connectivity index (χ0) is 19.5. The molecule has 2 atom stereocenters. The summed E-state index contributed by atoms with van der Waals surface area (Å²) in [6.45, 7) is 5.26. The van der Waals surface area contributed by atoms with Crippen molar-refractivity contribution in [2.45, 2.75) is 13.8 Å². The maximum absolute atomic E-state index is 13.0. The molecule has 7 heteroatoms. The lowest BCUT2D eigenvalue weighted by molar-refractivity contribution is -0.154. The van der Waals surface area contributed by atoms with E-state index in [1.54, 1.807) is 6.07 Å². The molecule has 0 bridgehead atoms. The zero-order valence-corrected chi connectivity index (χ0v) is 14.5. The van der Waals surface area contributed by atoms with E-state index in [0.29, 0.717) is 18.8 Å². The molecule has 0 amide bonds. The minimum atomic E-state index is -2.31. The number of aliphatic carboxylic acids is 2. The van der Waals surface area contributed by atoms with Gasteiger partial charge in [0.1, 0.15) is 11.7 Å². The first-order valence-electron chi connectivity index (χ1n) is 8.24. The molecule has 2 unspecified atom stereocenters. The summed E-state index contributed by atoms with van der Waals surface area (Å²) in [4.78, 5) is 38.4. The molecule has 0 radical (unpaired) electrons. The van der Waals surface area contributed by atoms with Crippen molar-refractivity contribution in [3.05, 3.63) is 48.1 Å². The quantitative estimate of drug-likeness (QED) is 0.505. The lowest BCUT2D eigenvalue weighted by Gasteiger charge is -2.31. The number of nitrogens with zero attached hydrogens (tertiary/aromatic N) is 1. The van der Waals surface area contributed by atoms with Gasteiger partial charge in [-0.15, -0.1) is 0 Å². The molecule has 0 spiro atoms. The van der Waals surface area contributed by atoms with Gasteiger partial charge in [0.25, 0.3) is 0 Å². The lowest BCUT2D eigenvalue weighted by Crippen LogP contribution is -2.47. The summed E-state index contributed by atoms with van der Waals surface area (Å²) in [7, 11) is 0. The fourth-order valence-electron chi connectivity index (χ4n) is 3.15. The van der Waals surface area contributed by atoms with Gasteiger partial charge in [-0.25, -0.2) is 0 Å². The Morgan fingerprint density at radius 3 is 2.27 bits per heavy atom. The van der Waals surface area contributed by atoms with E-state index in [0.717, 1.165) is 12.2 Å². The van der Waals surface area contributed by atoms with Gasteiger partial charge in [0.05, 0.1) is 5.56 Å². The smallest absolute Gasteiger partial charge is 0.322 e. The highest BCUT2D eigenvalue weighted by Crippen LogP contribution is 2.40. The summed E-state index contributed by atoms with van der Waals surface area (Å²) < 4.78 is 0. The molecule has 0 heterocycles. The van der Waals surface area contributed by atoms with Crippen molar-refractivity contribution in [3.8, 4) is 5.75 Å². The molecular formula is C19H21NO6. The number of phenolic OH excluding ortho intramolecular Hbond substituents is 1. The average Bonchev–Trinajstić information content (AvgIpc) is 2.62. The molecule has 26 heavy (non-hydrogen) atoms. The molecule has 3 N–H and O–H groups in total. The number of carboxylic acids is 2. The van der Waals surface area contributed by atoms with Crippen LogP contribution in [0.25, 0.3) is 0 Å². The minimum absolute atomic E-state index is 0.227. The number of aromatic hydroxyl groups is 1. The Balaban J connectivity index is 2.54. The monoisotopic (exact) mass is 359 g/mol. The molecule has 2 rings (SSSR count). The Bertz CT molecular complexity index is 793. The van der Waals surface area contributed by atoms with Crippen molar-refractivity contribution in [2.75, 3.05) is 18.0 Å². The maximum Gasteiger partial charge on any atom is 0.322 e. The number of phenols is 1. The molecule has 0 aromatic heterocycles. The Labute approximate surface area is 150 Å². The molecule has 1 aliphatic carbocycles. The van der Waals surface area contributed by atoms with Crippen LogP contribution < -0.4 is 4.90 Å². The van der Waals surface area contributed by atoms with Crippen LogP contribution in [0, 0.1) is 11.3 Å². The standard InChI is InChI=1S/C19H21NO6/c1-3-20(4-2)12-8-9-13(15(21)11-12)16(22)19(18(25)26)10-6-5-7-14(19)17(23)24/h5-11,14,21H,3-4H2,1-2H3,(H,23,24)(H,25,26). The molecular weight excluding hydrogens is 338 g/mol. The number of carbonyl (C=O) groups excluding carboxylic acids is 1. The van der Waals surface area contributed by atoms with Gasteiger partial charge in [0.2, 0.25) is 0 Å². The highest BCUT2D eigenvalue weighted by molar-refractivity contribution is 6.17. The molecule has 0 saturated carbocycles. The van der Waals surface area contributed by atoms with E-state index in [1.807, 2.05) is 18.7 Å². The predicted octanol–water partition coefficient (Wildman–Crippen LogP) is 2.32. The van der Waals surface area contributed by atoms with E-state index in [4.69, 9.17) is 0 Å². The first-order valence-corrected chi connectivity index (χ1v) is 8.24. The van der Waals surface area contributed by atoms with Gasteiger partial charge in [-0.3, -0.25) is 14.4 Å². The van der Waals surface area contributed by atoms with Crippen LogP contribution in [0.1, 0.15) is 24.2 Å². The van der Waals surface area contributed by atoms with Crippen molar-refractivity contribution in [1.82, 2.24) is 0 Å². The molecule has 138 valence electrons. The molecule has 1 aliphatic rings. The third-order valence-electron chi connectivity index (χ3n) is 4.61. The molecule has 0 aliphatic heterocycles. The van der Waals surface area contributed by atoms with Crippen LogP contribution in [0.3, 0.4) is 0 Å². The van der Waals surface area contributed by atoms with E-state index < -0.39 is 29.1 Å². The van der Waals surface area contributed by atoms with Crippen LogP contribution in [0.4, 0.5) is 5.69 Å². The van der Waals surface area contributed by atoms with Gasteiger partial charge >= 0.3 is 11.9 Å². The van der Waals surface area contributed by atoms with Crippen molar-refractivity contribution in [2.24, 2.45) is 11.3 Å². The molecule has 0 saturated heterocycles. The largest absolute Gasteiger partial charge is 0.507 e. The second-order valence-corrected chi connectivity index (χ2v) is 5.94. The number of carboxylic acid groups (broad SMARTS) is 2. The van der Waals surface area contributed by atoms with Crippen molar-refractivity contribution >= 4 is 23.4 Å². The van der Waals surface area contributed by atoms with E-state index >= 15 is 0 Å². The Morgan fingerprint density at radius 2 is 1.77 bits per heavy atom. The highest BCUT2D eigenvalue weighted by Gasteiger charge is 2.54. The van der Waals surface area contributed by atoms with Crippen molar-refractivity contribution in [1.29, 1.82) is 0 Å². The van der Waals surface area contributed by atoms with Crippen molar-refractivity contribution < 1.29 is 29.7 Å². The normalized spacial score (nSPS) is 21.4. The van der Waals surface area contributed by atoms with Gasteiger partial charge in [0, 0.05) is 24.8 Å². The molecule has 1 aromatic carbocycles. The van der Waals surface area contributed by atoms with E-state index in [9.17, 15) is 29.7 Å². The van der Waals surface area contributed by atoms with Gasteiger partial charge < -0.3 is 20.2 Å². The average molecular weight is 359 g/mol. The lowest BCUT2D eigenvalue weighted by atomic mass is 9.68. The van der Waals surface area contributed by atoms with Gasteiger partial charge in [-0.2, -0.15) is 0 Å². The number of Topliss-reactive ketones (excluding diaryl/α,β-unsaturated/α-hetero) is 1. The van der Waals surface area contributed by atoms with Crippen molar-refractivity contribution in [3.63, 3.8) is 0 Å². The van der Waals surface area contributed by atoms with E-state index in [2.05, 4.69) is 0 Å². The minimum Gasteiger partial charge on any atom is -0.507 e. The van der Waals surface area contributed by atoms with Crippen LogP contribution in [-0.4, -0.2) is 46.1 Å². The van der Waals surface area contributed by atoms with Gasteiger partial charge in [-0.1, -0.05) is 24.3 Å². The van der Waals surface area contributed by atoms with E-state index in [-0.39, 0.29) is 11.3 Å². The van der Waals surface area contributed by atoms with Crippen LogP contribution in [0.2, 0.25) is 0 Å². The third-order valence-corrected chi connectivity index (χ3v) is 4.61. The Hall–Kier alpha value is -3.09. The Morgan fingerprint density at radius 1 is 1.12 bits per heavy atom. The first kappa shape index (κ1) is 19.2. The van der Waals surface area contributed by atoms with Gasteiger partial charge in [0.15, 0.2) is 11.2 Å². The topological polar surface area (TPSA) is 115 Å². The summed E-state index contributed by atoms with van der Waals surface area (Å²) in [6.07, 6.45) is 4.94. The number of benzene rings is 1. The predicted molar refractivity (Wildman–Crippen MR) is 95.5 cm³/mol. The number of hydrogen-bond acceptors (Lipinski definition) is 5. The number of hydrogen-bond donors (Lipinski definition) is 3. The number of allylic oxidation sites excluding steroid dienone is 2. The third kappa shape index (κ3) is 3.08. The zero-order valence-electron chi connectivity index (χ0n) is 14.5. The van der Waals surface area contributed by atoms with Crippen LogP contribution in [-0.2, 0) is 9.59 Å². The number of rotatable bonds is 7. The number of anilines is 1. The number of carbonyl (C=O) groups is 3.